The lowest BCUT2D eigenvalue weighted by Crippen LogP contribution is -2.12. The number of carbonyl (C=O) groups is 1. The fourth-order valence-corrected chi connectivity index (χ4v) is 1.25. The van der Waals surface area contributed by atoms with Crippen molar-refractivity contribution in [2.24, 2.45) is 4.99 Å². The van der Waals surface area contributed by atoms with E-state index < -0.39 is 5.97 Å². The van der Waals surface area contributed by atoms with Gasteiger partial charge in [-0.25, -0.2) is 4.79 Å². The van der Waals surface area contributed by atoms with Gasteiger partial charge in [-0.3, -0.25) is 4.99 Å². The highest BCUT2D eigenvalue weighted by molar-refractivity contribution is 6.23. The molecular formula is C13H17NO2. The Bertz CT molecular complexity index is 357. The van der Waals surface area contributed by atoms with Gasteiger partial charge in [-0.2, -0.15) is 0 Å². The Morgan fingerprint density at radius 3 is 2.44 bits per heavy atom. The summed E-state index contributed by atoms with van der Waals surface area (Å²) in [6.07, 6.45) is 1.14. The molecule has 86 valence electrons. The van der Waals surface area contributed by atoms with Crippen LogP contribution in [0.15, 0.2) is 35.3 Å². The first-order valence-corrected chi connectivity index (χ1v) is 5.38. The van der Waals surface area contributed by atoms with Crippen LogP contribution in [-0.2, 0) is 9.53 Å². The second kappa shape index (κ2) is 6.05. The average Bonchev–Trinajstić information content (AvgIpc) is 2.26. The van der Waals surface area contributed by atoms with Crippen LogP contribution in [0.2, 0.25) is 0 Å². The molecule has 1 atom stereocenters. The summed E-state index contributed by atoms with van der Waals surface area (Å²) in [5.41, 5.74) is 1.08. The first kappa shape index (κ1) is 12.4. The van der Waals surface area contributed by atoms with E-state index in [0.717, 1.165) is 5.56 Å². The van der Waals surface area contributed by atoms with Crippen LogP contribution in [0.4, 0.5) is 0 Å². The molecule has 1 aromatic rings. The third kappa shape index (κ3) is 4.26. The van der Waals surface area contributed by atoms with Gasteiger partial charge in [0.25, 0.3) is 0 Å². The van der Waals surface area contributed by atoms with Gasteiger partial charge in [-0.05, 0) is 26.3 Å². The summed E-state index contributed by atoms with van der Waals surface area (Å²) in [6, 6.07) is 9.79. The van der Waals surface area contributed by atoms with E-state index in [1.807, 2.05) is 51.1 Å². The molecule has 1 aromatic carbocycles. The summed E-state index contributed by atoms with van der Waals surface area (Å²) in [5.74, 6) is -0.391. The molecule has 0 bridgehead atoms. The van der Waals surface area contributed by atoms with Crippen molar-refractivity contribution in [3.05, 3.63) is 35.9 Å². The third-order valence-electron chi connectivity index (χ3n) is 2.04. The van der Waals surface area contributed by atoms with E-state index in [9.17, 15) is 4.79 Å². The molecule has 16 heavy (non-hydrogen) atoms. The van der Waals surface area contributed by atoms with Crippen molar-refractivity contribution in [3.8, 4) is 0 Å². The lowest BCUT2D eigenvalue weighted by atomic mass is 10.1. The number of esters is 1. The number of hydrogen-bond donors (Lipinski definition) is 0. The Labute approximate surface area is 96.2 Å². The van der Waals surface area contributed by atoms with Crippen LogP contribution in [0.1, 0.15) is 32.4 Å². The summed E-state index contributed by atoms with van der Waals surface area (Å²) in [4.78, 5) is 15.4. The van der Waals surface area contributed by atoms with Crippen molar-refractivity contribution in [2.75, 3.05) is 0 Å². The first-order chi connectivity index (χ1) is 7.59. The van der Waals surface area contributed by atoms with Gasteiger partial charge >= 0.3 is 5.97 Å². The van der Waals surface area contributed by atoms with Gasteiger partial charge in [0.1, 0.15) is 6.21 Å². The number of benzene rings is 1. The number of hydrogen-bond acceptors (Lipinski definition) is 3. The van der Waals surface area contributed by atoms with Crippen molar-refractivity contribution in [1.29, 1.82) is 0 Å². The van der Waals surface area contributed by atoms with Gasteiger partial charge in [0.05, 0.1) is 12.1 Å². The van der Waals surface area contributed by atoms with Crippen LogP contribution >= 0.6 is 0 Å². The van der Waals surface area contributed by atoms with Crippen LogP contribution in [0.5, 0.6) is 0 Å². The Morgan fingerprint density at radius 1 is 1.25 bits per heavy atom. The molecule has 0 aromatic heterocycles. The quantitative estimate of drug-likeness (QED) is 0.577. The number of nitrogens with zero attached hydrogens (tertiary/aromatic N) is 1. The van der Waals surface area contributed by atoms with Gasteiger partial charge in [-0.15, -0.1) is 0 Å². The molecule has 3 nitrogen and oxygen atoms in total. The van der Waals surface area contributed by atoms with Crippen molar-refractivity contribution < 1.29 is 9.53 Å². The minimum absolute atomic E-state index is 0.0269. The van der Waals surface area contributed by atoms with Crippen molar-refractivity contribution in [3.63, 3.8) is 0 Å². The van der Waals surface area contributed by atoms with Crippen molar-refractivity contribution in [1.82, 2.24) is 0 Å². The fraction of sp³-hybridized carbons (Fsp3) is 0.385. The molecule has 0 aliphatic carbocycles. The van der Waals surface area contributed by atoms with E-state index >= 15 is 0 Å². The Kier molecular flexibility index (Phi) is 4.70. The van der Waals surface area contributed by atoms with Gasteiger partial charge in [-0.1, -0.05) is 30.3 Å². The molecule has 1 rings (SSSR count). The third-order valence-corrected chi connectivity index (χ3v) is 2.04. The van der Waals surface area contributed by atoms with Crippen LogP contribution in [0.25, 0.3) is 0 Å². The van der Waals surface area contributed by atoms with E-state index in [-0.39, 0.29) is 12.1 Å². The number of carbonyl (C=O) groups excluding carboxylic acids is 1. The Hall–Kier alpha value is -1.64. The molecule has 0 saturated carbocycles. The molecule has 0 aliphatic rings. The molecule has 1 unspecified atom stereocenters. The molecule has 0 N–H and O–H groups in total. The summed E-state index contributed by atoms with van der Waals surface area (Å²) in [6.45, 7) is 5.56. The molecule has 0 fully saturated rings. The summed E-state index contributed by atoms with van der Waals surface area (Å²) < 4.78 is 4.95. The Balaban J connectivity index is 2.54. The highest BCUT2D eigenvalue weighted by atomic mass is 16.5. The molecule has 3 heteroatoms. The first-order valence-electron chi connectivity index (χ1n) is 5.38. The highest BCUT2D eigenvalue weighted by Crippen LogP contribution is 2.14. The Morgan fingerprint density at radius 2 is 1.88 bits per heavy atom. The largest absolute Gasteiger partial charge is 0.459 e. The minimum Gasteiger partial charge on any atom is -0.459 e. The molecule has 0 heterocycles. The number of rotatable bonds is 4. The van der Waals surface area contributed by atoms with Gasteiger partial charge in [0, 0.05) is 0 Å². The zero-order valence-corrected chi connectivity index (χ0v) is 9.88. The maximum absolute atomic E-state index is 11.2. The zero-order chi connectivity index (χ0) is 12.0. The highest BCUT2D eigenvalue weighted by Gasteiger charge is 2.04. The molecular weight excluding hydrogens is 202 g/mol. The molecule has 0 aliphatic heterocycles. The van der Waals surface area contributed by atoms with Crippen LogP contribution in [-0.4, -0.2) is 18.3 Å². The van der Waals surface area contributed by atoms with Gasteiger partial charge in [0.2, 0.25) is 0 Å². The fourth-order valence-electron chi connectivity index (χ4n) is 1.25. The number of ether oxygens (including phenoxy) is 1. The molecule has 0 amide bonds. The molecule has 0 radical (unpaired) electrons. The molecule has 0 spiro atoms. The second-order valence-corrected chi connectivity index (χ2v) is 3.85. The monoisotopic (exact) mass is 219 g/mol. The van der Waals surface area contributed by atoms with Crippen molar-refractivity contribution in [2.45, 2.75) is 32.9 Å². The topological polar surface area (TPSA) is 38.7 Å². The predicted molar refractivity (Wildman–Crippen MR) is 64.6 cm³/mol. The van der Waals surface area contributed by atoms with Crippen LogP contribution in [0.3, 0.4) is 0 Å². The minimum atomic E-state index is -0.391. The SMILES string of the molecule is CC(C)OC(=O)C=NC(C)c1ccccc1. The van der Waals surface area contributed by atoms with Gasteiger partial charge < -0.3 is 4.74 Å². The summed E-state index contributed by atoms with van der Waals surface area (Å²) in [5, 5.41) is 0. The normalized spacial score (nSPS) is 13.0. The number of aliphatic imine (C=N–C) groups is 1. The average molecular weight is 219 g/mol. The maximum Gasteiger partial charge on any atom is 0.349 e. The standard InChI is InChI=1S/C13H17NO2/c1-10(2)16-13(15)9-14-11(3)12-7-5-4-6-8-12/h4-11H,1-3H3. The zero-order valence-electron chi connectivity index (χ0n) is 9.88. The van der Waals surface area contributed by atoms with Crippen LogP contribution in [0, 0.1) is 0 Å². The maximum atomic E-state index is 11.2. The summed E-state index contributed by atoms with van der Waals surface area (Å²) in [7, 11) is 0. The van der Waals surface area contributed by atoms with E-state index in [1.165, 1.54) is 6.21 Å². The van der Waals surface area contributed by atoms with Crippen molar-refractivity contribution >= 4 is 12.2 Å². The lowest BCUT2D eigenvalue weighted by Gasteiger charge is -2.07. The predicted octanol–water partition coefficient (Wildman–Crippen LogP) is 2.77. The van der Waals surface area contributed by atoms with E-state index in [1.54, 1.807) is 0 Å². The smallest absolute Gasteiger partial charge is 0.349 e. The van der Waals surface area contributed by atoms with E-state index in [2.05, 4.69) is 4.99 Å². The van der Waals surface area contributed by atoms with Gasteiger partial charge in [0.15, 0.2) is 0 Å². The van der Waals surface area contributed by atoms with E-state index in [4.69, 9.17) is 4.74 Å². The molecule has 0 saturated heterocycles. The van der Waals surface area contributed by atoms with E-state index in [0.29, 0.717) is 0 Å². The summed E-state index contributed by atoms with van der Waals surface area (Å²) >= 11 is 0. The second-order valence-electron chi connectivity index (χ2n) is 3.85. The van der Waals surface area contributed by atoms with Crippen LogP contribution < -0.4 is 0 Å². The lowest BCUT2D eigenvalue weighted by molar-refractivity contribution is -0.138.